The summed E-state index contributed by atoms with van der Waals surface area (Å²) in [5.74, 6) is 7.45. The Balaban J connectivity index is 1.14. The summed E-state index contributed by atoms with van der Waals surface area (Å²) >= 11 is 0. The van der Waals surface area contributed by atoms with Crippen LogP contribution in [0.3, 0.4) is 0 Å². The number of halogens is 2. The second-order valence-corrected chi connectivity index (χ2v) is 14.4. The van der Waals surface area contributed by atoms with E-state index in [0.717, 1.165) is 48.8 Å². The molecule has 1 N–H and O–H groups in total. The summed E-state index contributed by atoms with van der Waals surface area (Å²) < 4.78 is 52.8. The van der Waals surface area contributed by atoms with Crippen molar-refractivity contribution in [2.75, 3.05) is 43.4 Å². The quantitative estimate of drug-likeness (QED) is 0.293. The van der Waals surface area contributed by atoms with Crippen molar-refractivity contribution < 1.29 is 17.2 Å². The van der Waals surface area contributed by atoms with Gasteiger partial charge in [-0.1, -0.05) is 11.8 Å². The number of alkyl halides is 2. The molecule has 0 bridgehead atoms. The largest absolute Gasteiger partial charge is 0.370 e. The first-order valence-electron chi connectivity index (χ1n) is 15.3. The van der Waals surface area contributed by atoms with Crippen LogP contribution < -0.4 is 10.2 Å². The second-order valence-electron chi connectivity index (χ2n) is 12.4. The van der Waals surface area contributed by atoms with Crippen LogP contribution in [0.4, 0.5) is 26.1 Å². The SMILES string of the molecule is CN1CCC2(CC1)CCN(c1cc(Nc3ccnc(-c4cnn(S(=O)(=O)C5CC5)c4)n3)ncc1C#Cc1cnn(C(F)F)c1)CC2. The van der Waals surface area contributed by atoms with Gasteiger partial charge >= 0.3 is 6.55 Å². The molecule has 15 heteroatoms. The number of nitrogens with one attached hydrogen (secondary N) is 1. The van der Waals surface area contributed by atoms with Crippen LogP contribution in [-0.2, 0) is 10.0 Å². The predicted octanol–water partition coefficient (Wildman–Crippen LogP) is 4.12. The van der Waals surface area contributed by atoms with Crippen molar-refractivity contribution >= 4 is 27.3 Å². The summed E-state index contributed by atoms with van der Waals surface area (Å²) in [6, 6.07) is 3.64. The fourth-order valence-corrected chi connectivity index (χ4v) is 7.59. The zero-order chi connectivity index (χ0) is 31.9. The molecule has 3 aliphatic rings. The van der Waals surface area contributed by atoms with E-state index in [2.05, 4.69) is 59.2 Å². The molecule has 4 aromatic heterocycles. The first-order chi connectivity index (χ1) is 22.2. The van der Waals surface area contributed by atoms with E-state index in [9.17, 15) is 17.2 Å². The maximum atomic E-state index is 13.0. The molecule has 6 heterocycles. The van der Waals surface area contributed by atoms with E-state index in [1.807, 2.05) is 6.07 Å². The molecule has 240 valence electrons. The average molecular weight is 649 g/mol. The van der Waals surface area contributed by atoms with Crippen LogP contribution in [0.1, 0.15) is 56.2 Å². The molecule has 4 aromatic rings. The van der Waals surface area contributed by atoms with Crippen LogP contribution in [0, 0.1) is 17.3 Å². The van der Waals surface area contributed by atoms with E-state index >= 15 is 0 Å². The lowest BCUT2D eigenvalue weighted by atomic mass is 9.71. The van der Waals surface area contributed by atoms with Crippen molar-refractivity contribution in [1.29, 1.82) is 0 Å². The number of rotatable bonds is 7. The number of piperidine rings is 2. The molecule has 7 rings (SSSR count). The molecular formula is C31H34F2N10O2S. The van der Waals surface area contributed by atoms with Crippen molar-refractivity contribution in [3.05, 3.63) is 60.4 Å². The molecule has 0 amide bonds. The first-order valence-corrected chi connectivity index (χ1v) is 16.9. The highest BCUT2D eigenvalue weighted by Gasteiger charge is 2.38. The highest BCUT2D eigenvalue weighted by molar-refractivity contribution is 7.90. The minimum absolute atomic E-state index is 0.328. The lowest BCUT2D eigenvalue weighted by Gasteiger charge is -2.47. The molecule has 1 spiro atoms. The zero-order valence-electron chi connectivity index (χ0n) is 25.4. The van der Waals surface area contributed by atoms with Crippen LogP contribution in [-0.4, -0.2) is 85.7 Å². The molecular weight excluding hydrogens is 614 g/mol. The van der Waals surface area contributed by atoms with Gasteiger partial charge < -0.3 is 15.1 Å². The van der Waals surface area contributed by atoms with Gasteiger partial charge in [-0.05, 0) is 70.1 Å². The van der Waals surface area contributed by atoms with Gasteiger partial charge in [-0.25, -0.2) is 28.1 Å². The van der Waals surface area contributed by atoms with Crippen LogP contribution >= 0.6 is 0 Å². The topological polar surface area (TPSA) is 127 Å². The van der Waals surface area contributed by atoms with Gasteiger partial charge in [0.2, 0.25) is 0 Å². The van der Waals surface area contributed by atoms with Gasteiger partial charge in [0.15, 0.2) is 5.82 Å². The minimum atomic E-state index is -3.50. The summed E-state index contributed by atoms with van der Waals surface area (Å²) in [5.41, 5.74) is 2.81. The normalized spacial score (nSPS) is 18.5. The van der Waals surface area contributed by atoms with Crippen molar-refractivity contribution in [1.82, 2.24) is 38.8 Å². The third-order valence-electron chi connectivity index (χ3n) is 9.17. The lowest BCUT2D eigenvalue weighted by molar-refractivity contribution is 0.0566. The van der Waals surface area contributed by atoms with Gasteiger partial charge in [-0.3, -0.25) is 0 Å². The molecule has 0 radical (unpaired) electrons. The first kappa shape index (κ1) is 30.2. The van der Waals surface area contributed by atoms with Gasteiger partial charge in [0.25, 0.3) is 10.0 Å². The molecule has 0 unspecified atom stereocenters. The van der Waals surface area contributed by atoms with Gasteiger partial charge in [0.1, 0.15) is 11.6 Å². The van der Waals surface area contributed by atoms with Gasteiger partial charge in [0, 0.05) is 37.7 Å². The Labute approximate surface area is 265 Å². The molecule has 0 aromatic carbocycles. The Kier molecular flexibility index (Phi) is 7.93. The second kappa shape index (κ2) is 12.1. The van der Waals surface area contributed by atoms with Gasteiger partial charge in [-0.15, -0.1) is 0 Å². The fourth-order valence-electron chi connectivity index (χ4n) is 6.11. The maximum Gasteiger partial charge on any atom is 0.333 e. The number of nitrogens with zero attached hydrogens (tertiary/aromatic N) is 9. The van der Waals surface area contributed by atoms with Crippen LogP contribution in [0.2, 0.25) is 0 Å². The monoisotopic (exact) mass is 648 g/mol. The van der Waals surface area contributed by atoms with E-state index in [4.69, 9.17) is 0 Å². The Morgan fingerprint density at radius 3 is 2.43 bits per heavy atom. The average Bonchev–Trinajstić information content (AvgIpc) is 3.60. The molecule has 12 nitrogen and oxygen atoms in total. The fraction of sp³-hybridized carbons (Fsp3) is 0.452. The number of anilines is 3. The maximum absolute atomic E-state index is 13.0. The molecule has 2 aliphatic heterocycles. The number of pyridine rings is 1. The number of hydrogen-bond donors (Lipinski definition) is 1. The van der Waals surface area contributed by atoms with Crippen LogP contribution in [0.15, 0.2) is 49.3 Å². The van der Waals surface area contributed by atoms with E-state index in [1.54, 1.807) is 18.5 Å². The van der Waals surface area contributed by atoms with E-state index in [1.165, 1.54) is 37.6 Å². The molecule has 1 saturated carbocycles. The summed E-state index contributed by atoms with van der Waals surface area (Å²) in [6.07, 6.45) is 14.5. The Morgan fingerprint density at radius 1 is 0.957 bits per heavy atom. The third kappa shape index (κ3) is 6.32. The number of likely N-dealkylation sites (tertiary alicyclic amines) is 1. The van der Waals surface area contributed by atoms with Gasteiger partial charge in [-0.2, -0.15) is 23.1 Å². The molecule has 3 fully saturated rings. The molecule has 1 aliphatic carbocycles. The Morgan fingerprint density at radius 2 is 1.72 bits per heavy atom. The Bertz CT molecular complexity index is 1890. The van der Waals surface area contributed by atoms with Crippen molar-refractivity contribution in [2.45, 2.75) is 50.3 Å². The van der Waals surface area contributed by atoms with E-state index in [-0.39, 0.29) is 5.25 Å². The van der Waals surface area contributed by atoms with Crippen LogP contribution in [0.25, 0.3) is 11.4 Å². The van der Waals surface area contributed by atoms with Crippen molar-refractivity contribution in [2.24, 2.45) is 5.41 Å². The molecule has 46 heavy (non-hydrogen) atoms. The molecule has 2 saturated heterocycles. The van der Waals surface area contributed by atoms with Gasteiger partial charge in [0.05, 0.1) is 46.2 Å². The summed E-state index contributed by atoms with van der Waals surface area (Å²) in [6.45, 7) is 1.25. The number of hydrogen-bond acceptors (Lipinski definition) is 10. The smallest absolute Gasteiger partial charge is 0.333 e. The van der Waals surface area contributed by atoms with E-state index < -0.39 is 16.6 Å². The third-order valence-corrected chi connectivity index (χ3v) is 11.2. The lowest BCUT2D eigenvalue weighted by Crippen LogP contribution is -2.46. The summed E-state index contributed by atoms with van der Waals surface area (Å²) in [7, 11) is -1.32. The van der Waals surface area contributed by atoms with E-state index in [0.29, 0.717) is 57.1 Å². The van der Waals surface area contributed by atoms with Crippen molar-refractivity contribution in [3.63, 3.8) is 0 Å². The van der Waals surface area contributed by atoms with Crippen LogP contribution in [0.5, 0.6) is 0 Å². The zero-order valence-corrected chi connectivity index (χ0v) is 26.2. The summed E-state index contributed by atoms with van der Waals surface area (Å²) in [4.78, 5) is 18.2. The Hall–Kier alpha value is -4.42. The standard InChI is InChI=1S/C31H34F2N10O2S/c1-40-12-7-31(8-13-40)9-14-41(15-10-31)26-16-28(35-18-23(26)3-2-22-17-36-42(20-22)30(32)33)38-27-6-11-34-29(39-27)24-19-37-43(21-24)46(44,45)25-4-5-25/h6,11,16-21,25,30H,4-5,7-10,12-15H2,1H3,(H,34,35,38,39). The number of aromatic nitrogens is 7. The highest BCUT2D eigenvalue weighted by atomic mass is 32.2. The predicted molar refractivity (Wildman–Crippen MR) is 168 cm³/mol. The summed E-state index contributed by atoms with van der Waals surface area (Å²) in [5, 5.41) is 10.6. The molecule has 0 atom stereocenters. The van der Waals surface area contributed by atoms with Crippen molar-refractivity contribution in [3.8, 4) is 23.2 Å². The highest BCUT2D eigenvalue weighted by Crippen LogP contribution is 2.42. The minimum Gasteiger partial charge on any atom is -0.370 e.